The summed E-state index contributed by atoms with van der Waals surface area (Å²) in [6.45, 7) is 6.39. The molecule has 0 aliphatic rings. The van der Waals surface area contributed by atoms with Crippen LogP contribution in [-0.4, -0.2) is 37.2 Å². The smallest absolute Gasteiger partial charge is 0.306 e. The summed E-state index contributed by atoms with van der Waals surface area (Å²) in [7, 11) is 0. The highest BCUT2D eigenvalue weighted by molar-refractivity contribution is 5.71. The Kier molecular flexibility index (Phi) is 66.3. The Morgan fingerprint density at radius 3 is 0.735 bits per heavy atom. The summed E-state index contributed by atoms with van der Waals surface area (Å²) in [4.78, 5) is 38.2. The first kappa shape index (κ1) is 78.5. The van der Waals surface area contributed by atoms with Crippen molar-refractivity contribution in [2.24, 2.45) is 0 Å². The standard InChI is InChI=1S/C77H128O6/c1-4-7-10-13-16-18-20-22-24-26-28-30-32-34-36-38-40-42-44-46-48-50-52-54-56-58-61-64-67-70-76(79)82-73-74(72-81-75(78)69-66-63-60-15-12-9-6-3)83-77(80)71-68-65-62-59-57-55-53-51-49-47-45-43-41-39-37-35-33-31-29-27-25-23-21-19-17-14-11-8-5-2/h7-8,10-11,16-19,22-25,28-31,34-37,40,42,74H,4-6,9,12-15,20-21,26-27,32-33,38-39,41,43-73H2,1-3H3/b10-7-,11-8-,18-16-,19-17-,24-22-,25-23-,30-28-,31-29-,36-34-,37-35-,42-40-. The number of unbranched alkanes of at least 4 members (excludes halogenated alkanes) is 29. The molecule has 1 unspecified atom stereocenters. The topological polar surface area (TPSA) is 78.9 Å². The number of hydrogen-bond donors (Lipinski definition) is 0. The summed E-state index contributed by atoms with van der Waals surface area (Å²) in [6.07, 6.45) is 99.3. The summed E-state index contributed by atoms with van der Waals surface area (Å²) in [5, 5.41) is 0. The zero-order valence-electron chi connectivity index (χ0n) is 54.2. The van der Waals surface area contributed by atoms with Gasteiger partial charge in [0, 0.05) is 19.3 Å². The van der Waals surface area contributed by atoms with E-state index in [1.165, 1.54) is 148 Å². The molecule has 0 radical (unpaired) electrons. The maximum Gasteiger partial charge on any atom is 0.306 e. The molecule has 0 heterocycles. The summed E-state index contributed by atoms with van der Waals surface area (Å²) < 4.78 is 16.9. The largest absolute Gasteiger partial charge is 0.462 e. The number of carbonyl (C=O) groups is 3. The van der Waals surface area contributed by atoms with Crippen LogP contribution in [0.5, 0.6) is 0 Å². The number of esters is 3. The van der Waals surface area contributed by atoms with Gasteiger partial charge in [-0.1, -0.05) is 315 Å². The van der Waals surface area contributed by atoms with Crippen LogP contribution in [0.3, 0.4) is 0 Å². The van der Waals surface area contributed by atoms with Crippen molar-refractivity contribution in [2.75, 3.05) is 13.2 Å². The first-order chi connectivity index (χ1) is 41.0. The van der Waals surface area contributed by atoms with Gasteiger partial charge in [-0.15, -0.1) is 0 Å². The molecule has 6 heteroatoms. The van der Waals surface area contributed by atoms with Crippen molar-refractivity contribution in [1.82, 2.24) is 0 Å². The third kappa shape index (κ3) is 68.2. The monoisotopic (exact) mass is 1150 g/mol. The van der Waals surface area contributed by atoms with E-state index in [1.807, 2.05) is 0 Å². The highest BCUT2D eigenvalue weighted by atomic mass is 16.6. The van der Waals surface area contributed by atoms with Crippen LogP contribution in [0.4, 0.5) is 0 Å². The van der Waals surface area contributed by atoms with Crippen molar-refractivity contribution in [3.63, 3.8) is 0 Å². The fraction of sp³-hybridized carbons (Fsp3) is 0.675. The SMILES string of the molecule is CC/C=C\C/C=C\C/C=C\C/C=C\C/C=C\C/C=C\CCCCCCCCCCCCC(=O)OCC(COC(=O)CCCCCCCCC)OC(=O)CCCCCCCCCCCCCCC/C=C\C/C=C\C/C=C\C/C=C\C/C=C\CC. The molecule has 0 saturated heterocycles. The van der Waals surface area contributed by atoms with Gasteiger partial charge in [-0.2, -0.15) is 0 Å². The molecular weight excluding hydrogens is 1020 g/mol. The predicted octanol–water partition coefficient (Wildman–Crippen LogP) is 24.1. The molecule has 0 aromatic rings. The molecule has 1 atom stereocenters. The summed E-state index contributed by atoms with van der Waals surface area (Å²) in [6, 6.07) is 0. The molecule has 0 aliphatic heterocycles. The Bertz CT molecular complexity index is 1750. The maximum atomic E-state index is 12.9. The van der Waals surface area contributed by atoms with E-state index in [4.69, 9.17) is 14.2 Å². The highest BCUT2D eigenvalue weighted by Gasteiger charge is 2.19. The Balaban J connectivity index is 4.12. The van der Waals surface area contributed by atoms with Crippen molar-refractivity contribution in [3.8, 4) is 0 Å². The predicted molar refractivity (Wildman–Crippen MR) is 362 cm³/mol. The van der Waals surface area contributed by atoms with Crippen LogP contribution in [0.15, 0.2) is 134 Å². The van der Waals surface area contributed by atoms with E-state index in [-0.39, 0.29) is 31.1 Å². The average Bonchev–Trinajstić information content (AvgIpc) is 3.49. The zero-order valence-corrected chi connectivity index (χ0v) is 54.2. The summed E-state index contributed by atoms with van der Waals surface area (Å²) in [5.41, 5.74) is 0. The van der Waals surface area contributed by atoms with E-state index in [0.717, 1.165) is 128 Å². The minimum absolute atomic E-state index is 0.0797. The van der Waals surface area contributed by atoms with E-state index in [0.29, 0.717) is 19.3 Å². The Morgan fingerprint density at radius 2 is 0.470 bits per heavy atom. The van der Waals surface area contributed by atoms with Gasteiger partial charge < -0.3 is 14.2 Å². The van der Waals surface area contributed by atoms with Crippen molar-refractivity contribution in [1.29, 1.82) is 0 Å². The van der Waals surface area contributed by atoms with E-state index in [9.17, 15) is 14.4 Å². The molecule has 0 fully saturated rings. The van der Waals surface area contributed by atoms with Gasteiger partial charge in [-0.05, 0) is 116 Å². The van der Waals surface area contributed by atoms with Crippen LogP contribution in [0.2, 0.25) is 0 Å². The van der Waals surface area contributed by atoms with E-state index < -0.39 is 6.10 Å². The van der Waals surface area contributed by atoms with Gasteiger partial charge in [0.05, 0.1) is 0 Å². The first-order valence-electron chi connectivity index (χ1n) is 34.7. The molecule has 0 amide bonds. The van der Waals surface area contributed by atoms with Crippen LogP contribution in [0, 0.1) is 0 Å². The van der Waals surface area contributed by atoms with Gasteiger partial charge >= 0.3 is 17.9 Å². The first-order valence-corrected chi connectivity index (χ1v) is 34.7. The minimum Gasteiger partial charge on any atom is -0.462 e. The lowest BCUT2D eigenvalue weighted by molar-refractivity contribution is -0.167. The van der Waals surface area contributed by atoms with E-state index in [1.54, 1.807) is 0 Å². The molecule has 0 bridgehead atoms. The summed E-state index contributed by atoms with van der Waals surface area (Å²) >= 11 is 0. The second kappa shape index (κ2) is 70.0. The van der Waals surface area contributed by atoms with Crippen molar-refractivity contribution < 1.29 is 28.6 Å². The second-order valence-corrected chi connectivity index (χ2v) is 22.7. The molecule has 83 heavy (non-hydrogen) atoms. The number of carbonyl (C=O) groups excluding carboxylic acids is 3. The molecule has 0 saturated carbocycles. The van der Waals surface area contributed by atoms with Gasteiger partial charge in [-0.25, -0.2) is 0 Å². The third-order valence-electron chi connectivity index (χ3n) is 14.7. The van der Waals surface area contributed by atoms with Crippen molar-refractivity contribution in [2.45, 2.75) is 322 Å². The molecule has 0 rings (SSSR count). The van der Waals surface area contributed by atoms with E-state index >= 15 is 0 Å². The number of rotatable bonds is 62. The zero-order chi connectivity index (χ0) is 59.9. The molecular formula is C77H128O6. The van der Waals surface area contributed by atoms with Crippen LogP contribution in [0.25, 0.3) is 0 Å². The van der Waals surface area contributed by atoms with Crippen molar-refractivity contribution >= 4 is 17.9 Å². The number of hydrogen-bond acceptors (Lipinski definition) is 6. The second-order valence-electron chi connectivity index (χ2n) is 22.7. The molecule has 0 aliphatic carbocycles. The van der Waals surface area contributed by atoms with E-state index in [2.05, 4.69) is 154 Å². The maximum absolute atomic E-state index is 12.9. The Labute approximate surface area is 513 Å². The van der Waals surface area contributed by atoms with Gasteiger partial charge in [0.25, 0.3) is 0 Å². The molecule has 0 spiro atoms. The lowest BCUT2D eigenvalue weighted by Gasteiger charge is -2.18. The molecule has 6 nitrogen and oxygen atoms in total. The van der Waals surface area contributed by atoms with Crippen LogP contribution >= 0.6 is 0 Å². The summed E-state index contributed by atoms with van der Waals surface area (Å²) in [5.74, 6) is -0.885. The van der Waals surface area contributed by atoms with Crippen LogP contribution in [-0.2, 0) is 28.6 Å². The van der Waals surface area contributed by atoms with Crippen molar-refractivity contribution in [3.05, 3.63) is 134 Å². The fourth-order valence-electron chi connectivity index (χ4n) is 9.53. The lowest BCUT2D eigenvalue weighted by Crippen LogP contribution is -2.30. The van der Waals surface area contributed by atoms with Gasteiger partial charge in [-0.3, -0.25) is 14.4 Å². The fourth-order valence-corrected chi connectivity index (χ4v) is 9.53. The highest BCUT2D eigenvalue weighted by Crippen LogP contribution is 2.17. The van der Waals surface area contributed by atoms with Gasteiger partial charge in [0.2, 0.25) is 0 Å². The average molecular weight is 1150 g/mol. The molecule has 472 valence electrons. The quantitative estimate of drug-likeness (QED) is 0.0261. The Hall–Kier alpha value is -4.45. The minimum atomic E-state index is -0.782. The number of allylic oxidation sites excluding steroid dienone is 22. The van der Waals surface area contributed by atoms with Gasteiger partial charge in [0.1, 0.15) is 13.2 Å². The third-order valence-corrected chi connectivity index (χ3v) is 14.7. The molecule has 0 aromatic heterocycles. The normalized spacial score (nSPS) is 13.0. The van der Waals surface area contributed by atoms with Gasteiger partial charge in [0.15, 0.2) is 6.10 Å². The molecule has 0 aromatic carbocycles. The number of ether oxygens (including phenoxy) is 3. The van der Waals surface area contributed by atoms with Crippen LogP contribution in [0.1, 0.15) is 316 Å². The van der Waals surface area contributed by atoms with Crippen LogP contribution < -0.4 is 0 Å². The lowest BCUT2D eigenvalue weighted by atomic mass is 10.0. The Morgan fingerprint density at radius 1 is 0.253 bits per heavy atom. The molecule has 0 N–H and O–H groups in total.